The third-order valence-electron chi connectivity index (χ3n) is 5.35. The van der Waals surface area contributed by atoms with Crippen molar-refractivity contribution in [2.24, 2.45) is 5.92 Å². The average Bonchev–Trinajstić information content (AvgIpc) is 3.05. The molecule has 156 valence electrons. The predicted molar refractivity (Wildman–Crippen MR) is 123 cm³/mol. The van der Waals surface area contributed by atoms with Gasteiger partial charge in [-0.05, 0) is 56.7 Å². The van der Waals surface area contributed by atoms with Crippen molar-refractivity contribution in [1.29, 1.82) is 0 Å². The highest BCUT2D eigenvalue weighted by atomic mass is 32.2. The first-order chi connectivity index (χ1) is 14.3. The number of nitrogen functional groups attached to an aromatic ring is 1. The van der Waals surface area contributed by atoms with Crippen molar-refractivity contribution in [3.05, 3.63) is 40.3 Å². The van der Waals surface area contributed by atoms with Crippen LogP contribution < -0.4 is 11.1 Å². The standard InChI is InChI=1S/C22H24N4O2S2/c1-11-7-8-16-17(9-11)30-21-18(16)19(23)25-22(26-21)29-13(3)20(28)24-15-6-4-5-14(10-15)12(2)27/h4-6,10-11,13H,7-9H2,1-3H3,(H,24,28)(H2,23,25,26). The number of carbonyl (C=O) groups is 2. The van der Waals surface area contributed by atoms with Crippen molar-refractivity contribution in [3.63, 3.8) is 0 Å². The minimum absolute atomic E-state index is 0.0428. The number of nitrogens with zero attached hydrogens (tertiary/aromatic N) is 2. The van der Waals surface area contributed by atoms with Crippen LogP contribution >= 0.6 is 23.1 Å². The van der Waals surface area contributed by atoms with Gasteiger partial charge in [0.15, 0.2) is 10.9 Å². The number of thioether (sulfide) groups is 1. The maximum atomic E-state index is 12.6. The molecule has 2 atom stereocenters. The van der Waals surface area contributed by atoms with Crippen LogP contribution in [0.1, 0.15) is 48.0 Å². The lowest BCUT2D eigenvalue weighted by atomic mass is 9.89. The second-order valence-electron chi connectivity index (χ2n) is 7.81. The zero-order valence-electron chi connectivity index (χ0n) is 17.2. The lowest BCUT2D eigenvalue weighted by molar-refractivity contribution is -0.115. The molecular weight excluding hydrogens is 416 g/mol. The molecule has 0 radical (unpaired) electrons. The molecule has 0 fully saturated rings. The van der Waals surface area contributed by atoms with Crippen molar-refractivity contribution in [2.45, 2.75) is 50.4 Å². The monoisotopic (exact) mass is 440 g/mol. The third-order valence-corrected chi connectivity index (χ3v) is 7.46. The zero-order valence-corrected chi connectivity index (χ0v) is 18.8. The van der Waals surface area contributed by atoms with Crippen LogP contribution in [0.2, 0.25) is 0 Å². The Morgan fingerprint density at radius 1 is 1.33 bits per heavy atom. The van der Waals surface area contributed by atoms with Gasteiger partial charge in [0.05, 0.1) is 10.6 Å². The second kappa shape index (κ2) is 8.35. The number of carbonyl (C=O) groups excluding carboxylic acids is 2. The molecule has 1 aromatic carbocycles. The van der Waals surface area contributed by atoms with Crippen LogP contribution in [0.25, 0.3) is 10.2 Å². The largest absolute Gasteiger partial charge is 0.383 e. The van der Waals surface area contributed by atoms with Gasteiger partial charge >= 0.3 is 0 Å². The van der Waals surface area contributed by atoms with E-state index >= 15 is 0 Å². The Bertz CT molecular complexity index is 1140. The van der Waals surface area contributed by atoms with E-state index < -0.39 is 5.25 Å². The molecule has 3 aromatic rings. The molecule has 0 aliphatic heterocycles. The number of benzene rings is 1. The van der Waals surface area contributed by atoms with Crippen molar-refractivity contribution in [2.75, 3.05) is 11.1 Å². The molecule has 4 rings (SSSR count). The summed E-state index contributed by atoms with van der Waals surface area (Å²) in [6, 6.07) is 6.92. The first kappa shape index (κ1) is 20.8. The van der Waals surface area contributed by atoms with Gasteiger partial charge in [-0.15, -0.1) is 11.3 Å². The number of rotatable bonds is 5. The Morgan fingerprint density at radius 2 is 2.13 bits per heavy atom. The number of anilines is 2. The molecule has 6 nitrogen and oxygen atoms in total. The summed E-state index contributed by atoms with van der Waals surface area (Å²) >= 11 is 2.98. The van der Waals surface area contributed by atoms with Gasteiger partial charge in [-0.25, -0.2) is 9.97 Å². The summed E-state index contributed by atoms with van der Waals surface area (Å²) < 4.78 is 0. The quantitative estimate of drug-likeness (QED) is 0.338. The average molecular weight is 441 g/mol. The van der Waals surface area contributed by atoms with E-state index in [2.05, 4.69) is 17.2 Å². The SMILES string of the molecule is CC(=O)c1cccc(NC(=O)C(C)Sc2nc(N)c3c4c(sc3n2)CC(C)CC4)c1. The number of aromatic nitrogens is 2. The van der Waals surface area contributed by atoms with E-state index in [1.54, 1.807) is 42.5 Å². The topological polar surface area (TPSA) is 98.0 Å². The van der Waals surface area contributed by atoms with E-state index in [0.717, 1.165) is 29.5 Å². The minimum atomic E-state index is -0.419. The fourth-order valence-electron chi connectivity index (χ4n) is 3.67. The Hall–Kier alpha value is -2.45. The van der Waals surface area contributed by atoms with Crippen LogP contribution in [0.5, 0.6) is 0 Å². The van der Waals surface area contributed by atoms with Crippen molar-refractivity contribution < 1.29 is 9.59 Å². The molecule has 2 aromatic heterocycles. The number of hydrogen-bond acceptors (Lipinski definition) is 7. The lowest BCUT2D eigenvalue weighted by Gasteiger charge is -2.17. The fraction of sp³-hybridized carbons (Fsp3) is 0.364. The molecule has 0 saturated heterocycles. The van der Waals surface area contributed by atoms with Gasteiger partial charge in [0.25, 0.3) is 0 Å². The molecule has 2 unspecified atom stereocenters. The molecule has 0 bridgehead atoms. The number of nitrogens with two attached hydrogens (primary N) is 1. The van der Waals surface area contributed by atoms with Gasteiger partial charge in [0.2, 0.25) is 5.91 Å². The molecule has 0 spiro atoms. The summed E-state index contributed by atoms with van der Waals surface area (Å²) in [5.41, 5.74) is 8.75. The zero-order chi connectivity index (χ0) is 21.4. The third kappa shape index (κ3) is 4.20. The van der Waals surface area contributed by atoms with E-state index in [1.807, 2.05) is 0 Å². The predicted octanol–water partition coefficient (Wildman–Crippen LogP) is 4.72. The first-order valence-electron chi connectivity index (χ1n) is 9.98. The van der Waals surface area contributed by atoms with Crippen LogP contribution in [0.4, 0.5) is 11.5 Å². The van der Waals surface area contributed by atoms with Gasteiger partial charge in [-0.1, -0.05) is 30.8 Å². The van der Waals surface area contributed by atoms with E-state index in [9.17, 15) is 9.59 Å². The molecular formula is C22H24N4O2S2. The number of hydrogen-bond donors (Lipinski definition) is 2. The van der Waals surface area contributed by atoms with Crippen LogP contribution in [0.15, 0.2) is 29.4 Å². The number of nitrogens with one attached hydrogen (secondary N) is 1. The van der Waals surface area contributed by atoms with E-state index in [1.165, 1.54) is 29.1 Å². The highest BCUT2D eigenvalue weighted by molar-refractivity contribution is 8.00. The highest BCUT2D eigenvalue weighted by Gasteiger charge is 2.24. The number of ketones is 1. The first-order valence-corrected chi connectivity index (χ1v) is 11.7. The van der Waals surface area contributed by atoms with Gasteiger partial charge < -0.3 is 11.1 Å². The summed E-state index contributed by atoms with van der Waals surface area (Å²) in [5.74, 6) is 0.955. The molecule has 8 heteroatoms. The van der Waals surface area contributed by atoms with E-state index in [0.29, 0.717) is 28.1 Å². The smallest absolute Gasteiger partial charge is 0.237 e. The number of aryl methyl sites for hydroxylation is 1. The van der Waals surface area contributed by atoms with E-state index in [-0.39, 0.29) is 11.7 Å². The van der Waals surface area contributed by atoms with Gasteiger partial charge in [-0.2, -0.15) is 0 Å². The number of thiophene rings is 1. The number of Topliss-reactive ketones (excluding diaryl/α,β-unsaturated/α-hetero) is 1. The van der Waals surface area contributed by atoms with Crippen LogP contribution in [0, 0.1) is 5.92 Å². The summed E-state index contributed by atoms with van der Waals surface area (Å²) in [4.78, 5) is 35.6. The van der Waals surface area contributed by atoms with Crippen LogP contribution in [-0.2, 0) is 17.6 Å². The Balaban J connectivity index is 1.51. The molecule has 0 saturated carbocycles. The fourth-order valence-corrected chi connectivity index (χ4v) is 5.90. The molecule has 30 heavy (non-hydrogen) atoms. The lowest BCUT2D eigenvalue weighted by Crippen LogP contribution is -2.22. The summed E-state index contributed by atoms with van der Waals surface area (Å²) in [5, 5.41) is 3.93. The number of amides is 1. The van der Waals surface area contributed by atoms with Crippen molar-refractivity contribution in [3.8, 4) is 0 Å². The van der Waals surface area contributed by atoms with Gasteiger partial charge in [0, 0.05) is 16.1 Å². The van der Waals surface area contributed by atoms with E-state index in [4.69, 9.17) is 10.7 Å². The number of fused-ring (bicyclic) bond motifs is 3. The molecule has 1 aliphatic carbocycles. The van der Waals surface area contributed by atoms with Gasteiger partial charge in [0.1, 0.15) is 10.6 Å². The van der Waals surface area contributed by atoms with Crippen molar-refractivity contribution >= 4 is 56.5 Å². The normalized spacial score (nSPS) is 16.8. The van der Waals surface area contributed by atoms with Crippen LogP contribution in [-0.4, -0.2) is 26.9 Å². The maximum absolute atomic E-state index is 12.6. The molecule has 2 heterocycles. The highest BCUT2D eigenvalue weighted by Crippen LogP contribution is 2.40. The maximum Gasteiger partial charge on any atom is 0.237 e. The summed E-state index contributed by atoms with van der Waals surface area (Å²) in [6.45, 7) is 5.58. The second-order valence-corrected chi connectivity index (χ2v) is 10.2. The molecule has 1 aliphatic rings. The summed E-state index contributed by atoms with van der Waals surface area (Å²) in [6.07, 6.45) is 3.25. The molecule has 3 N–H and O–H groups in total. The summed E-state index contributed by atoms with van der Waals surface area (Å²) in [7, 11) is 0. The van der Waals surface area contributed by atoms with Gasteiger partial charge in [-0.3, -0.25) is 9.59 Å². The minimum Gasteiger partial charge on any atom is -0.383 e. The Labute approximate surface area is 183 Å². The Kier molecular flexibility index (Phi) is 5.79. The Morgan fingerprint density at radius 3 is 2.90 bits per heavy atom. The van der Waals surface area contributed by atoms with Crippen LogP contribution in [0.3, 0.4) is 0 Å². The van der Waals surface area contributed by atoms with Crippen molar-refractivity contribution in [1.82, 2.24) is 9.97 Å². The molecule has 1 amide bonds.